The molecule has 0 aromatic heterocycles. The fourth-order valence-electron chi connectivity index (χ4n) is 2.38. The van der Waals surface area contributed by atoms with E-state index in [1.807, 2.05) is 11.8 Å². The van der Waals surface area contributed by atoms with E-state index in [9.17, 15) is 5.11 Å². The van der Waals surface area contributed by atoms with Gasteiger partial charge in [-0.2, -0.15) is 11.8 Å². The zero-order chi connectivity index (χ0) is 9.26. The zero-order valence-electron chi connectivity index (χ0n) is 7.85. The van der Waals surface area contributed by atoms with Crippen LogP contribution in [-0.4, -0.2) is 53.8 Å². The van der Waals surface area contributed by atoms with Crippen LogP contribution < -0.4 is 5.73 Å². The third-order valence-electron chi connectivity index (χ3n) is 3.06. The van der Waals surface area contributed by atoms with Gasteiger partial charge in [0.25, 0.3) is 0 Å². The minimum Gasteiger partial charge on any atom is -0.392 e. The summed E-state index contributed by atoms with van der Waals surface area (Å²) in [7, 11) is 0. The summed E-state index contributed by atoms with van der Waals surface area (Å²) in [5.41, 5.74) is 5.53. The van der Waals surface area contributed by atoms with Crippen molar-refractivity contribution in [1.82, 2.24) is 4.90 Å². The monoisotopic (exact) mass is 202 g/mol. The van der Waals surface area contributed by atoms with E-state index in [0.29, 0.717) is 11.8 Å². The first-order valence-electron chi connectivity index (χ1n) is 4.99. The van der Waals surface area contributed by atoms with Crippen molar-refractivity contribution in [1.29, 1.82) is 0 Å². The number of thioether (sulfide) groups is 1. The number of aliphatic hydroxyl groups is 1. The summed E-state index contributed by atoms with van der Waals surface area (Å²) in [6.45, 7) is 3.82. The molecule has 3 nitrogen and oxygen atoms in total. The van der Waals surface area contributed by atoms with Crippen LogP contribution in [0.15, 0.2) is 0 Å². The number of likely N-dealkylation sites (tertiary alicyclic amines) is 1. The number of piperidine rings is 1. The summed E-state index contributed by atoms with van der Waals surface area (Å²) >= 11 is 1.99. The Hall–Kier alpha value is 0.230. The Morgan fingerprint density at radius 3 is 2.46 bits per heavy atom. The highest BCUT2D eigenvalue weighted by Crippen LogP contribution is 2.32. The molecule has 2 rings (SSSR count). The van der Waals surface area contributed by atoms with Crippen LogP contribution in [0.3, 0.4) is 0 Å². The number of aliphatic hydroxyl groups excluding tert-OH is 1. The van der Waals surface area contributed by atoms with E-state index in [0.717, 1.165) is 37.7 Å². The van der Waals surface area contributed by atoms with Gasteiger partial charge in [-0.15, -0.1) is 0 Å². The van der Waals surface area contributed by atoms with Gasteiger partial charge in [0.1, 0.15) is 0 Å². The molecule has 0 aromatic carbocycles. The highest BCUT2D eigenvalue weighted by Gasteiger charge is 2.38. The Morgan fingerprint density at radius 2 is 1.92 bits per heavy atom. The van der Waals surface area contributed by atoms with E-state index in [4.69, 9.17) is 5.73 Å². The largest absolute Gasteiger partial charge is 0.392 e. The predicted molar refractivity (Wildman–Crippen MR) is 55.8 cm³/mol. The topological polar surface area (TPSA) is 49.5 Å². The summed E-state index contributed by atoms with van der Waals surface area (Å²) < 4.78 is 0. The quantitative estimate of drug-likeness (QED) is 0.640. The molecule has 2 unspecified atom stereocenters. The summed E-state index contributed by atoms with van der Waals surface area (Å²) in [6, 6.07) is 0. The van der Waals surface area contributed by atoms with E-state index < -0.39 is 0 Å². The van der Waals surface area contributed by atoms with Gasteiger partial charge >= 0.3 is 0 Å². The van der Waals surface area contributed by atoms with Crippen molar-refractivity contribution < 1.29 is 5.11 Å². The zero-order valence-corrected chi connectivity index (χ0v) is 8.67. The predicted octanol–water partition coefficient (Wildman–Crippen LogP) is -0.399. The molecule has 0 saturated carbocycles. The second-order valence-electron chi connectivity index (χ2n) is 4.10. The summed E-state index contributed by atoms with van der Waals surface area (Å²) in [6.07, 6.45) is -0.0460. The van der Waals surface area contributed by atoms with Crippen LogP contribution >= 0.6 is 11.8 Å². The van der Waals surface area contributed by atoms with Crippen molar-refractivity contribution in [2.45, 2.75) is 6.10 Å². The van der Waals surface area contributed by atoms with Crippen LogP contribution in [0.25, 0.3) is 0 Å². The molecule has 0 amide bonds. The van der Waals surface area contributed by atoms with E-state index in [-0.39, 0.29) is 6.10 Å². The lowest BCUT2D eigenvalue weighted by molar-refractivity contribution is -0.00717. The minimum absolute atomic E-state index is 0.0460. The van der Waals surface area contributed by atoms with Crippen molar-refractivity contribution in [3.05, 3.63) is 0 Å². The van der Waals surface area contributed by atoms with E-state index in [1.54, 1.807) is 0 Å². The molecular formula is C9H18N2OS. The van der Waals surface area contributed by atoms with Crippen LogP contribution in [0, 0.1) is 11.8 Å². The molecule has 2 heterocycles. The van der Waals surface area contributed by atoms with Gasteiger partial charge in [-0.3, -0.25) is 0 Å². The number of nitrogens with two attached hydrogens (primary N) is 1. The van der Waals surface area contributed by atoms with Crippen molar-refractivity contribution in [2.75, 3.05) is 37.7 Å². The first-order valence-corrected chi connectivity index (χ1v) is 6.15. The first-order chi connectivity index (χ1) is 6.31. The van der Waals surface area contributed by atoms with E-state index in [2.05, 4.69) is 4.90 Å². The highest BCUT2D eigenvalue weighted by molar-refractivity contribution is 7.99. The Balaban J connectivity index is 1.95. The Morgan fingerprint density at radius 1 is 1.31 bits per heavy atom. The van der Waals surface area contributed by atoms with Gasteiger partial charge < -0.3 is 15.7 Å². The molecule has 2 bridgehead atoms. The Kier molecular flexibility index (Phi) is 3.14. The molecule has 13 heavy (non-hydrogen) atoms. The molecule has 2 aliphatic rings. The normalized spacial score (nSPS) is 40.6. The van der Waals surface area contributed by atoms with Crippen molar-refractivity contribution in [2.24, 2.45) is 17.6 Å². The van der Waals surface area contributed by atoms with Crippen LogP contribution in [0.4, 0.5) is 0 Å². The molecule has 2 aliphatic heterocycles. The first kappa shape index (κ1) is 9.77. The second kappa shape index (κ2) is 4.17. The SMILES string of the molecule is NCCN1CC2CSCC(C1)C2O. The molecule has 2 saturated heterocycles. The number of rotatable bonds is 2. The lowest BCUT2D eigenvalue weighted by Crippen LogP contribution is -2.54. The van der Waals surface area contributed by atoms with Crippen LogP contribution in [0.1, 0.15) is 0 Å². The minimum atomic E-state index is -0.0460. The maximum Gasteiger partial charge on any atom is 0.0636 e. The molecule has 0 aliphatic carbocycles. The Labute approximate surface area is 83.7 Å². The molecule has 3 N–H and O–H groups in total. The van der Waals surface area contributed by atoms with Crippen molar-refractivity contribution >= 4 is 11.8 Å². The maximum absolute atomic E-state index is 9.90. The third kappa shape index (κ3) is 2.01. The molecular weight excluding hydrogens is 184 g/mol. The molecule has 0 aromatic rings. The van der Waals surface area contributed by atoms with E-state index >= 15 is 0 Å². The van der Waals surface area contributed by atoms with Gasteiger partial charge in [0, 0.05) is 38.0 Å². The second-order valence-corrected chi connectivity index (χ2v) is 5.17. The van der Waals surface area contributed by atoms with Gasteiger partial charge in [0.05, 0.1) is 6.10 Å². The standard InChI is InChI=1S/C9H18N2OS/c10-1-2-11-3-7-5-13-6-8(4-11)9(7)12/h7-9,12H,1-6,10H2. The van der Waals surface area contributed by atoms with Gasteiger partial charge in [-0.25, -0.2) is 0 Å². The molecule has 2 fully saturated rings. The third-order valence-corrected chi connectivity index (χ3v) is 4.39. The smallest absolute Gasteiger partial charge is 0.0636 e. The molecule has 76 valence electrons. The van der Waals surface area contributed by atoms with Gasteiger partial charge in [-0.05, 0) is 11.5 Å². The van der Waals surface area contributed by atoms with Gasteiger partial charge in [0.15, 0.2) is 0 Å². The average molecular weight is 202 g/mol. The van der Waals surface area contributed by atoms with Crippen molar-refractivity contribution in [3.63, 3.8) is 0 Å². The molecule has 0 spiro atoms. The van der Waals surface area contributed by atoms with Gasteiger partial charge in [0.2, 0.25) is 0 Å². The summed E-state index contributed by atoms with van der Waals surface area (Å²) in [5, 5.41) is 9.90. The summed E-state index contributed by atoms with van der Waals surface area (Å²) in [5.74, 6) is 3.23. The van der Waals surface area contributed by atoms with Crippen LogP contribution in [-0.2, 0) is 0 Å². The molecule has 0 radical (unpaired) electrons. The summed E-state index contributed by atoms with van der Waals surface area (Å²) in [4.78, 5) is 2.40. The Bertz CT molecular complexity index is 165. The van der Waals surface area contributed by atoms with Gasteiger partial charge in [-0.1, -0.05) is 0 Å². The lowest BCUT2D eigenvalue weighted by atomic mass is 9.87. The number of hydrogen-bond donors (Lipinski definition) is 2. The van der Waals surface area contributed by atoms with E-state index in [1.165, 1.54) is 0 Å². The highest BCUT2D eigenvalue weighted by atomic mass is 32.2. The fourth-order valence-corrected chi connectivity index (χ4v) is 3.72. The van der Waals surface area contributed by atoms with Crippen molar-refractivity contribution in [3.8, 4) is 0 Å². The average Bonchev–Trinajstić information content (AvgIpc) is 2.07. The maximum atomic E-state index is 9.90. The van der Waals surface area contributed by atoms with Crippen LogP contribution in [0.2, 0.25) is 0 Å². The molecule has 2 atom stereocenters. The number of hydrogen-bond acceptors (Lipinski definition) is 4. The number of fused-ring (bicyclic) bond motifs is 2. The lowest BCUT2D eigenvalue weighted by Gasteiger charge is -2.44. The number of nitrogens with zero attached hydrogens (tertiary/aromatic N) is 1. The fraction of sp³-hybridized carbons (Fsp3) is 1.00. The van der Waals surface area contributed by atoms with Crippen LogP contribution in [0.5, 0.6) is 0 Å². The molecule has 4 heteroatoms.